The molecular weight excluding hydrogens is 422 g/mol. The Labute approximate surface area is 195 Å². The molecule has 178 valence electrons. The van der Waals surface area contributed by atoms with E-state index in [9.17, 15) is 15.0 Å². The average molecular weight is 462 g/mol. The Kier molecular flexibility index (Phi) is 6.99. The first kappa shape index (κ1) is 23.7. The normalized spacial score (nSPS) is 34.9. The molecule has 6 nitrogen and oxygen atoms in total. The number of hydrogen-bond donors (Lipinski definition) is 4. The van der Waals surface area contributed by atoms with Gasteiger partial charge in [-0.2, -0.15) is 0 Å². The van der Waals surface area contributed by atoms with Crippen LogP contribution in [0.15, 0.2) is 12.7 Å². The molecule has 4 N–H and O–H groups in total. The van der Waals surface area contributed by atoms with E-state index in [1.165, 1.54) is 24.1 Å². The van der Waals surface area contributed by atoms with Crippen molar-refractivity contribution in [2.75, 3.05) is 18.5 Å². The highest BCUT2D eigenvalue weighted by Gasteiger charge is 2.59. The smallest absolute Gasteiger partial charge is 0.220 e. The molecule has 2 saturated carbocycles. The highest BCUT2D eigenvalue weighted by Crippen LogP contribution is 2.62. The van der Waals surface area contributed by atoms with Crippen molar-refractivity contribution >= 4 is 22.4 Å². The molecule has 5 unspecified atom stereocenters. The maximum Gasteiger partial charge on any atom is 0.220 e. The highest BCUT2D eigenvalue weighted by atomic mass is 32.1. The Morgan fingerprint density at radius 2 is 2.03 bits per heavy atom. The van der Waals surface area contributed by atoms with Crippen LogP contribution in [0, 0.1) is 16.7 Å². The van der Waals surface area contributed by atoms with E-state index in [-0.39, 0.29) is 29.8 Å². The van der Waals surface area contributed by atoms with Crippen molar-refractivity contribution < 1.29 is 15.0 Å². The van der Waals surface area contributed by atoms with Crippen LogP contribution < -0.4 is 10.6 Å². The van der Waals surface area contributed by atoms with Gasteiger partial charge in [-0.3, -0.25) is 4.79 Å². The second-order valence-electron chi connectivity index (χ2n) is 10.6. The number of aliphatic hydroxyl groups is 2. The highest BCUT2D eigenvalue weighted by molar-refractivity contribution is 7.15. The summed E-state index contributed by atoms with van der Waals surface area (Å²) in [4.78, 5) is 19.4. The molecule has 1 aromatic rings. The van der Waals surface area contributed by atoms with Crippen LogP contribution in [0.25, 0.3) is 0 Å². The number of nitrogens with zero attached hydrogens (tertiary/aromatic N) is 1. The number of fused-ring (bicyclic) bond motifs is 2. The number of nitrogens with one attached hydrogen (secondary N) is 2. The summed E-state index contributed by atoms with van der Waals surface area (Å²) >= 11 is 1.64. The van der Waals surface area contributed by atoms with E-state index in [4.69, 9.17) is 4.98 Å². The maximum absolute atomic E-state index is 13.2. The SMILES string of the molecule is C=CCNc1nc2c(s1)CC1C(C)(CO)C(O)CCC1(C)C2CC(=O)NC1CCCCC1. The predicted molar refractivity (Wildman–Crippen MR) is 129 cm³/mol. The van der Waals surface area contributed by atoms with Crippen molar-refractivity contribution in [1.82, 2.24) is 10.3 Å². The van der Waals surface area contributed by atoms with Crippen LogP contribution in [0.3, 0.4) is 0 Å². The summed E-state index contributed by atoms with van der Waals surface area (Å²) < 4.78 is 0. The van der Waals surface area contributed by atoms with E-state index in [1.54, 1.807) is 11.3 Å². The lowest BCUT2D eigenvalue weighted by molar-refractivity contribution is -0.144. The fraction of sp³-hybridized carbons (Fsp3) is 0.760. The van der Waals surface area contributed by atoms with Crippen LogP contribution in [0.4, 0.5) is 5.13 Å². The zero-order chi connectivity index (χ0) is 22.9. The lowest BCUT2D eigenvalue weighted by atomic mass is 9.47. The molecule has 1 aromatic heterocycles. The van der Waals surface area contributed by atoms with Gasteiger partial charge in [-0.05, 0) is 43.4 Å². The summed E-state index contributed by atoms with van der Waals surface area (Å²) in [6.07, 6.45) is 9.75. The van der Waals surface area contributed by atoms with Gasteiger partial charge >= 0.3 is 0 Å². The molecule has 3 aliphatic carbocycles. The minimum Gasteiger partial charge on any atom is -0.396 e. The number of hydrogen-bond acceptors (Lipinski definition) is 6. The Hall–Kier alpha value is -1.44. The van der Waals surface area contributed by atoms with E-state index in [2.05, 4.69) is 24.1 Å². The molecule has 1 amide bonds. The Bertz CT molecular complexity index is 836. The fourth-order valence-electron chi connectivity index (χ4n) is 6.60. The molecule has 0 aliphatic heterocycles. The van der Waals surface area contributed by atoms with Crippen molar-refractivity contribution in [3.63, 3.8) is 0 Å². The van der Waals surface area contributed by atoms with E-state index in [0.717, 1.165) is 36.5 Å². The van der Waals surface area contributed by atoms with Crippen LogP contribution in [0.1, 0.15) is 81.7 Å². The summed E-state index contributed by atoms with van der Waals surface area (Å²) in [7, 11) is 0. The third kappa shape index (κ3) is 4.24. The van der Waals surface area contributed by atoms with Crippen molar-refractivity contribution in [2.45, 2.75) is 89.7 Å². The Morgan fingerprint density at radius 3 is 2.72 bits per heavy atom. The number of amides is 1. The summed E-state index contributed by atoms with van der Waals surface area (Å²) in [5.41, 5.74) is 0.259. The van der Waals surface area contributed by atoms with E-state index in [1.807, 2.05) is 13.0 Å². The number of anilines is 1. The van der Waals surface area contributed by atoms with Gasteiger partial charge in [0, 0.05) is 35.2 Å². The average Bonchev–Trinajstić information content (AvgIpc) is 3.20. The molecular formula is C25H39N3O3S. The second kappa shape index (κ2) is 9.43. The Balaban J connectivity index is 1.66. The number of thiazole rings is 1. The minimum absolute atomic E-state index is 0.0197. The van der Waals surface area contributed by atoms with Crippen molar-refractivity contribution in [3.8, 4) is 0 Å². The van der Waals surface area contributed by atoms with Crippen LogP contribution in [-0.4, -0.2) is 46.4 Å². The number of aliphatic hydroxyl groups excluding tert-OH is 2. The third-order valence-electron chi connectivity index (χ3n) is 8.65. The molecule has 0 bridgehead atoms. The Morgan fingerprint density at radius 1 is 1.28 bits per heavy atom. The largest absolute Gasteiger partial charge is 0.396 e. The zero-order valence-electron chi connectivity index (χ0n) is 19.5. The van der Waals surface area contributed by atoms with Gasteiger partial charge in [-0.25, -0.2) is 4.98 Å². The van der Waals surface area contributed by atoms with Gasteiger partial charge in [0.05, 0.1) is 18.4 Å². The summed E-state index contributed by atoms with van der Waals surface area (Å²) in [5, 5.41) is 28.7. The molecule has 0 saturated heterocycles. The van der Waals surface area contributed by atoms with Gasteiger partial charge < -0.3 is 20.8 Å². The van der Waals surface area contributed by atoms with Crippen LogP contribution in [0.2, 0.25) is 0 Å². The number of aromatic nitrogens is 1. The molecule has 0 aromatic carbocycles. The molecule has 3 aliphatic rings. The lowest BCUT2D eigenvalue weighted by Crippen LogP contribution is -2.57. The molecule has 0 spiro atoms. The quantitative estimate of drug-likeness (QED) is 0.461. The fourth-order valence-corrected chi connectivity index (χ4v) is 7.68. The van der Waals surface area contributed by atoms with Gasteiger partial charge in [-0.1, -0.05) is 39.2 Å². The topological polar surface area (TPSA) is 94.5 Å². The van der Waals surface area contributed by atoms with Crippen LogP contribution in [0.5, 0.6) is 0 Å². The number of rotatable bonds is 7. The summed E-state index contributed by atoms with van der Waals surface area (Å²) in [6.45, 7) is 8.65. The summed E-state index contributed by atoms with van der Waals surface area (Å²) in [5.74, 6) is 0.185. The van der Waals surface area contributed by atoms with E-state index < -0.39 is 11.5 Å². The van der Waals surface area contributed by atoms with Crippen molar-refractivity contribution in [3.05, 3.63) is 23.2 Å². The third-order valence-corrected chi connectivity index (χ3v) is 9.70. The molecule has 32 heavy (non-hydrogen) atoms. The molecule has 4 rings (SSSR count). The standard InChI is InChI=1S/C25H39N3O3S/c1-4-12-26-23-28-22-17(13-21(31)27-16-8-6-5-7-9-16)24(2)11-10-20(30)25(3,15-29)19(24)14-18(22)32-23/h4,16-17,19-20,29-30H,1,5-15H2,2-3H3,(H,26,28)(H,27,31). The maximum atomic E-state index is 13.2. The first-order valence-electron chi connectivity index (χ1n) is 12.2. The van der Waals surface area contributed by atoms with Crippen LogP contribution in [-0.2, 0) is 11.2 Å². The van der Waals surface area contributed by atoms with E-state index >= 15 is 0 Å². The first-order valence-corrected chi connectivity index (χ1v) is 13.1. The first-order chi connectivity index (χ1) is 15.3. The van der Waals surface area contributed by atoms with Gasteiger partial charge in [0.1, 0.15) is 0 Å². The zero-order valence-corrected chi connectivity index (χ0v) is 20.3. The van der Waals surface area contributed by atoms with E-state index in [0.29, 0.717) is 25.4 Å². The van der Waals surface area contributed by atoms with Gasteiger partial charge in [0.2, 0.25) is 5.91 Å². The van der Waals surface area contributed by atoms with Crippen molar-refractivity contribution in [1.29, 1.82) is 0 Å². The number of carbonyl (C=O) groups excluding carboxylic acids is 1. The number of carbonyl (C=O) groups is 1. The molecule has 7 heteroatoms. The molecule has 0 radical (unpaired) electrons. The molecule has 2 fully saturated rings. The molecule has 5 atom stereocenters. The van der Waals surface area contributed by atoms with Crippen molar-refractivity contribution in [2.24, 2.45) is 16.7 Å². The predicted octanol–water partition coefficient (Wildman–Crippen LogP) is 4.00. The van der Waals surface area contributed by atoms with Gasteiger partial charge in [0.15, 0.2) is 5.13 Å². The van der Waals surface area contributed by atoms with Gasteiger partial charge in [-0.15, -0.1) is 17.9 Å². The second-order valence-corrected chi connectivity index (χ2v) is 11.7. The molecule has 1 heterocycles. The summed E-state index contributed by atoms with van der Waals surface area (Å²) in [6, 6.07) is 0.291. The van der Waals surface area contributed by atoms with Gasteiger partial charge in [0.25, 0.3) is 0 Å². The van der Waals surface area contributed by atoms with Crippen LogP contribution >= 0.6 is 11.3 Å². The minimum atomic E-state index is -0.582. The monoisotopic (exact) mass is 461 g/mol. The lowest BCUT2D eigenvalue weighted by Gasteiger charge is -2.58.